The molecular formula is C25H26N2O2. The zero-order valence-electron chi connectivity index (χ0n) is 17.1. The molecule has 0 fully saturated rings. The monoisotopic (exact) mass is 386 g/mol. The lowest BCUT2D eigenvalue weighted by molar-refractivity contribution is -0.116. The van der Waals surface area contributed by atoms with Crippen molar-refractivity contribution in [2.75, 3.05) is 5.32 Å². The van der Waals surface area contributed by atoms with Crippen molar-refractivity contribution in [3.8, 4) is 0 Å². The van der Waals surface area contributed by atoms with Crippen LogP contribution in [-0.4, -0.2) is 11.7 Å². The standard InChI is InChI=1S/C25H26N2O2/c1-15-9-4-6-11-18(15)23-22(25(29)27-19-12-7-5-10-16(19)2)17(3)26-20-13-8-14-21(28)24(20)23/h4-7,9-12,23,26H,8,13-14H2,1-3H3,(H,27,29). The number of para-hydroxylation sites is 1. The number of allylic oxidation sites excluding steroid dienone is 3. The van der Waals surface area contributed by atoms with Crippen LogP contribution in [0.15, 0.2) is 71.1 Å². The lowest BCUT2D eigenvalue weighted by atomic mass is 9.74. The van der Waals surface area contributed by atoms with Gasteiger partial charge < -0.3 is 10.6 Å². The van der Waals surface area contributed by atoms with Crippen LogP contribution in [0.25, 0.3) is 0 Å². The van der Waals surface area contributed by atoms with Crippen LogP contribution in [0.2, 0.25) is 0 Å². The summed E-state index contributed by atoms with van der Waals surface area (Å²) in [5.41, 5.74) is 7.06. The average Bonchev–Trinajstić information content (AvgIpc) is 2.69. The summed E-state index contributed by atoms with van der Waals surface area (Å²) in [7, 11) is 0. The number of nitrogens with one attached hydrogen (secondary N) is 2. The summed E-state index contributed by atoms with van der Waals surface area (Å²) in [5.74, 6) is -0.368. The highest BCUT2D eigenvalue weighted by Crippen LogP contribution is 2.43. The molecule has 1 heterocycles. The molecule has 0 bridgehead atoms. The lowest BCUT2D eigenvalue weighted by Crippen LogP contribution is -2.35. The van der Waals surface area contributed by atoms with Crippen molar-refractivity contribution in [1.29, 1.82) is 0 Å². The first-order valence-electron chi connectivity index (χ1n) is 10.1. The summed E-state index contributed by atoms with van der Waals surface area (Å²) in [5, 5.41) is 6.45. The fourth-order valence-electron chi connectivity index (χ4n) is 4.41. The number of amides is 1. The zero-order valence-corrected chi connectivity index (χ0v) is 17.1. The van der Waals surface area contributed by atoms with Crippen molar-refractivity contribution in [1.82, 2.24) is 5.32 Å². The van der Waals surface area contributed by atoms with Crippen LogP contribution in [-0.2, 0) is 9.59 Å². The van der Waals surface area contributed by atoms with Gasteiger partial charge in [0.2, 0.25) is 0 Å². The first-order valence-corrected chi connectivity index (χ1v) is 10.1. The highest BCUT2D eigenvalue weighted by Gasteiger charge is 2.38. The highest BCUT2D eigenvalue weighted by atomic mass is 16.2. The molecule has 0 spiro atoms. The minimum atomic E-state index is -0.343. The average molecular weight is 386 g/mol. The molecule has 2 N–H and O–H groups in total. The third kappa shape index (κ3) is 3.51. The topological polar surface area (TPSA) is 58.2 Å². The lowest BCUT2D eigenvalue weighted by Gasteiger charge is -2.35. The van der Waals surface area contributed by atoms with Crippen molar-refractivity contribution in [2.24, 2.45) is 0 Å². The Morgan fingerprint density at radius 1 is 0.966 bits per heavy atom. The second kappa shape index (κ2) is 7.70. The minimum absolute atomic E-state index is 0.140. The van der Waals surface area contributed by atoms with Crippen molar-refractivity contribution < 1.29 is 9.59 Å². The van der Waals surface area contributed by atoms with E-state index >= 15 is 0 Å². The van der Waals surface area contributed by atoms with E-state index in [1.165, 1.54) is 0 Å². The second-order valence-electron chi connectivity index (χ2n) is 7.89. The van der Waals surface area contributed by atoms with Crippen LogP contribution in [0.5, 0.6) is 0 Å². The van der Waals surface area contributed by atoms with Gasteiger partial charge in [0.05, 0.1) is 0 Å². The summed E-state index contributed by atoms with van der Waals surface area (Å²) in [6, 6.07) is 15.8. The van der Waals surface area contributed by atoms with Gasteiger partial charge in [-0.1, -0.05) is 42.5 Å². The van der Waals surface area contributed by atoms with Gasteiger partial charge in [0, 0.05) is 40.6 Å². The van der Waals surface area contributed by atoms with Crippen LogP contribution >= 0.6 is 0 Å². The quantitative estimate of drug-likeness (QED) is 0.788. The predicted octanol–water partition coefficient (Wildman–Crippen LogP) is 4.91. The smallest absolute Gasteiger partial charge is 0.254 e. The Bertz CT molecular complexity index is 1060. The van der Waals surface area contributed by atoms with E-state index in [9.17, 15) is 9.59 Å². The van der Waals surface area contributed by atoms with Crippen molar-refractivity contribution in [2.45, 2.75) is 46.0 Å². The molecule has 0 saturated carbocycles. The second-order valence-corrected chi connectivity index (χ2v) is 7.89. The fourth-order valence-corrected chi connectivity index (χ4v) is 4.41. The Morgan fingerprint density at radius 2 is 1.66 bits per heavy atom. The summed E-state index contributed by atoms with van der Waals surface area (Å²) in [4.78, 5) is 26.4. The van der Waals surface area contributed by atoms with Gasteiger partial charge in [0.1, 0.15) is 0 Å². The normalized spacial score (nSPS) is 19.0. The maximum absolute atomic E-state index is 13.5. The Balaban J connectivity index is 1.82. The van der Waals surface area contributed by atoms with Gasteiger partial charge in [-0.25, -0.2) is 0 Å². The Hall–Kier alpha value is -3.14. The van der Waals surface area contributed by atoms with E-state index in [0.29, 0.717) is 12.0 Å². The van der Waals surface area contributed by atoms with Crippen LogP contribution in [0, 0.1) is 13.8 Å². The molecule has 2 aromatic rings. The van der Waals surface area contributed by atoms with Gasteiger partial charge in [-0.05, 0) is 56.4 Å². The molecule has 1 aliphatic carbocycles. The largest absolute Gasteiger partial charge is 0.362 e. The molecule has 1 aliphatic heterocycles. The third-order valence-electron chi connectivity index (χ3n) is 5.91. The third-order valence-corrected chi connectivity index (χ3v) is 5.91. The van der Waals surface area contributed by atoms with Crippen LogP contribution in [0.1, 0.15) is 48.8 Å². The number of ketones is 1. The summed E-state index contributed by atoms with van der Waals surface area (Å²) < 4.78 is 0. The van der Waals surface area contributed by atoms with Crippen LogP contribution < -0.4 is 10.6 Å². The molecule has 148 valence electrons. The molecule has 0 radical (unpaired) electrons. The first-order chi connectivity index (χ1) is 14.0. The van der Waals surface area contributed by atoms with Crippen molar-refractivity contribution in [3.05, 3.63) is 87.8 Å². The maximum Gasteiger partial charge on any atom is 0.254 e. The number of hydrogen-bond acceptors (Lipinski definition) is 3. The van der Waals surface area contributed by atoms with E-state index in [0.717, 1.165) is 52.2 Å². The molecule has 1 atom stereocenters. The molecule has 0 saturated heterocycles. The van der Waals surface area contributed by atoms with E-state index in [1.807, 2.05) is 69.3 Å². The van der Waals surface area contributed by atoms with Crippen molar-refractivity contribution >= 4 is 17.4 Å². The molecule has 1 unspecified atom stereocenters. The van der Waals surface area contributed by atoms with Crippen LogP contribution in [0.4, 0.5) is 5.69 Å². The number of aryl methyl sites for hydroxylation is 2. The molecule has 2 aromatic carbocycles. The van der Waals surface area contributed by atoms with Gasteiger partial charge >= 0.3 is 0 Å². The number of rotatable bonds is 3. The Labute approximate surface area is 171 Å². The molecular weight excluding hydrogens is 360 g/mol. The number of anilines is 1. The Morgan fingerprint density at radius 3 is 2.38 bits per heavy atom. The number of Topliss-reactive ketones (excluding diaryl/α,β-unsaturated/α-hetero) is 1. The van der Waals surface area contributed by atoms with E-state index in [4.69, 9.17) is 0 Å². The van der Waals surface area contributed by atoms with E-state index in [2.05, 4.69) is 10.6 Å². The van der Waals surface area contributed by atoms with Crippen LogP contribution in [0.3, 0.4) is 0 Å². The number of benzene rings is 2. The molecule has 2 aliphatic rings. The maximum atomic E-state index is 13.5. The summed E-state index contributed by atoms with van der Waals surface area (Å²) in [6.07, 6.45) is 2.23. The van der Waals surface area contributed by atoms with Gasteiger partial charge in [0.15, 0.2) is 5.78 Å². The highest BCUT2D eigenvalue weighted by molar-refractivity contribution is 6.10. The molecule has 4 heteroatoms. The SMILES string of the molecule is CC1=C(C(=O)Nc2ccccc2C)C(c2ccccc2C)C2=C(CCCC2=O)N1. The van der Waals surface area contributed by atoms with E-state index in [-0.39, 0.29) is 17.6 Å². The van der Waals surface area contributed by atoms with Gasteiger partial charge in [-0.2, -0.15) is 0 Å². The predicted molar refractivity (Wildman–Crippen MR) is 115 cm³/mol. The molecule has 1 amide bonds. The molecule has 0 aromatic heterocycles. The Kier molecular flexibility index (Phi) is 5.10. The van der Waals surface area contributed by atoms with Gasteiger partial charge in [-0.3, -0.25) is 9.59 Å². The van der Waals surface area contributed by atoms with Gasteiger partial charge in [-0.15, -0.1) is 0 Å². The molecule has 4 nitrogen and oxygen atoms in total. The van der Waals surface area contributed by atoms with Crippen molar-refractivity contribution in [3.63, 3.8) is 0 Å². The zero-order chi connectivity index (χ0) is 20.5. The number of hydrogen-bond donors (Lipinski definition) is 2. The molecule has 29 heavy (non-hydrogen) atoms. The minimum Gasteiger partial charge on any atom is -0.362 e. The number of carbonyl (C=O) groups is 2. The summed E-state index contributed by atoms with van der Waals surface area (Å²) >= 11 is 0. The fraction of sp³-hybridized carbons (Fsp3) is 0.280. The summed E-state index contributed by atoms with van der Waals surface area (Å²) in [6.45, 7) is 5.94. The van der Waals surface area contributed by atoms with E-state index < -0.39 is 0 Å². The first kappa shape index (κ1) is 19.2. The molecule has 4 rings (SSSR count). The van der Waals surface area contributed by atoms with E-state index in [1.54, 1.807) is 0 Å². The number of dihydropyridines is 1. The number of carbonyl (C=O) groups excluding carboxylic acids is 2. The van der Waals surface area contributed by atoms with Gasteiger partial charge in [0.25, 0.3) is 5.91 Å².